The molecule has 1 aliphatic rings. The number of aliphatic hydroxyl groups excluding tert-OH is 1. The van der Waals surface area contributed by atoms with E-state index in [0.717, 1.165) is 23.1 Å². The molecular weight excluding hydrogens is 240 g/mol. The molecule has 3 rings (SSSR count). The molecule has 3 nitrogen and oxygen atoms in total. The Morgan fingerprint density at radius 1 is 1.16 bits per heavy atom. The average molecular weight is 258 g/mol. The fraction of sp³-hybridized carbons (Fsp3) is 0.375. The predicted octanol–water partition coefficient (Wildman–Crippen LogP) is 3.06. The number of ether oxygens (including phenoxy) is 2. The van der Waals surface area contributed by atoms with Crippen LogP contribution >= 0.6 is 0 Å². The number of methoxy groups -OCH3 is 1. The van der Waals surface area contributed by atoms with E-state index in [2.05, 4.69) is 24.3 Å². The Labute approximate surface area is 112 Å². The Morgan fingerprint density at radius 2 is 1.95 bits per heavy atom. The van der Waals surface area contributed by atoms with Gasteiger partial charge in [0.15, 0.2) is 0 Å². The molecule has 2 aromatic carbocycles. The van der Waals surface area contributed by atoms with Crippen LogP contribution in [0.1, 0.15) is 24.5 Å². The van der Waals surface area contributed by atoms with Gasteiger partial charge in [-0.2, -0.15) is 0 Å². The number of rotatable bonds is 2. The molecule has 1 saturated heterocycles. The highest BCUT2D eigenvalue weighted by Gasteiger charge is 2.22. The van der Waals surface area contributed by atoms with Crippen LogP contribution in [0.4, 0.5) is 0 Å². The van der Waals surface area contributed by atoms with Crippen molar-refractivity contribution in [2.75, 3.05) is 13.7 Å². The topological polar surface area (TPSA) is 38.7 Å². The molecule has 0 radical (unpaired) electrons. The molecule has 19 heavy (non-hydrogen) atoms. The fourth-order valence-electron chi connectivity index (χ4n) is 2.58. The summed E-state index contributed by atoms with van der Waals surface area (Å²) in [5.41, 5.74) is 1.14. The molecule has 2 atom stereocenters. The summed E-state index contributed by atoms with van der Waals surface area (Å²) in [6, 6.07) is 12.3. The molecule has 2 unspecified atom stereocenters. The molecule has 2 aromatic rings. The number of hydrogen-bond donors (Lipinski definition) is 1. The van der Waals surface area contributed by atoms with E-state index in [9.17, 15) is 5.11 Å². The summed E-state index contributed by atoms with van der Waals surface area (Å²) in [4.78, 5) is 0. The molecule has 0 aliphatic carbocycles. The van der Waals surface area contributed by atoms with E-state index < -0.39 is 0 Å². The van der Waals surface area contributed by atoms with Crippen LogP contribution in [0.5, 0.6) is 5.75 Å². The minimum absolute atomic E-state index is 0.00949. The Bertz CT molecular complexity index is 579. The average Bonchev–Trinajstić information content (AvgIpc) is 2.46. The van der Waals surface area contributed by atoms with Crippen LogP contribution < -0.4 is 4.74 Å². The van der Waals surface area contributed by atoms with Crippen molar-refractivity contribution in [3.63, 3.8) is 0 Å². The maximum atomic E-state index is 9.73. The van der Waals surface area contributed by atoms with Crippen LogP contribution in [0.25, 0.3) is 10.8 Å². The summed E-state index contributed by atoms with van der Waals surface area (Å²) in [6.45, 7) is 0.631. The molecule has 0 saturated carbocycles. The monoisotopic (exact) mass is 258 g/mol. The van der Waals surface area contributed by atoms with E-state index in [1.165, 1.54) is 5.39 Å². The van der Waals surface area contributed by atoms with Gasteiger partial charge in [-0.1, -0.05) is 18.2 Å². The molecule has 100 valence electrons. The van der Waals surface area contributed by atoms with Crippen LogP contribution in [-0.2, 0) is 4.74 Å². The molecule has 0 bridgehead atoms. The van der Waals surface area contributed by atoms with Gasteiger partial charge in [0.05, 0.1) is 19.3 Å². The minimum Gasteiger partial charge on any atom is -0.497 e. The lowest BCUT2D eigenvalue weighted by Crippen LogP contribution is -2.23. The first-order chi connectivity index (χ1) is 9.26. The molecule has 1 fully saturated rings. The normalized spacial score (nSPS) is 23.5. The van der Waals surface area contributed by atoms with Gasteiger partial charge in [-0.05, 0) is 41.0 Å². The fourth-order valence-corrected chi connectivity index (χ4v) is 2.58. The van der Waals surface area contributed by atoms with Gasteiger partial charge < -0.3 is 14.6 Å². The summed E-state index contributed by atoms with van der Waals surface area (Å²) in [5.74, 6) is 0.865. The SMILES string of the molecule is COc1ccc2cc(C3CC(O)CCO3)ccc2c1. The smallest absolute Gasteiger partial charge is 0.119 e. The maximum Gasteiger partial charge on any atom is 0.119 e. The Balaban J connectivity index is 1.93. The van der Waals surface area contributed by atoms with E-state index in [-0.39, 0.29) is 12.2 Å². The molecule has 0 spiro atoms. The van der Waals surface area contributed by atoms with Crippen LogP contribution in [0.15, 0.2) is 36.4 Å². The maximum absolute atomic E-state index is 9.73. The van der Waals surface area contributed by atoms with Crippen LogP contribution in [0.3, 0.4) is 0 Å². The first-order valence-electron chi connectivity index (χ1n) is 6.63. The summed E-state index contributed by atoms with van der Waals surface area (Å²) in [7, 11) is 1.67. The largest absolute Gasteiger partial charge is 0.497 e. The van der Waals surface area contributed by atoms with Gasteiger partial charge in [0.2, 0.25) is 0 Å². The van der Waals surface area contributed by atoms with Crippen LogP contribution in [0.2, 0.25) is 0 Å². The second kappa shape index (κ2) is 5.19. The molecule has 1 N–H and O–H groups in total. The van der Waals surface area contributed by atoms with Crippen molar-refractivity contribution in [1.82, 2.24) is 0 Å². The van der Waals surface area contributed by atoms with Crippen molar-refractivity contribution in [2.45, 2.75) is 25.0 Å². The van der Waals surface area contributed by atoms with E-state index in [1.54, 1.807) is 7.11 Å². The Morgan fingerprint density at radius 3 is 2.74 bits per heavy atom. The predicted molar refractivity (Wildman–Crippen MR) is 74.4 cm³/mol. The number of fused-ring (bicyclic) bond motifs is 1. The van der Waals surface area contributed by atoms with Crippen molar-refractivity contribution in [3.8, 4) is 5.75 Å². The van der Waals surface area contributed by atoms with Crippen molar-refractivity contribution in [1.29, 1.82) is 0 Å². The number of hydrogen-bond acceptors (Lipinski definition) is 3. The first-order valence-corrected chi connectivity index (χ1v) is 6.63. The second-order valence-corrected chi connectivity index (χ2v) is 5.01. The van der Waals surface area contributed by atoms with E-state index in [1.807, 2.05) is 12.1 Å². The summed E-state index contributed by atoms with van der Waals surface area (Å²) in [5, 5.41) is 12.0. The summed E-state index contributed by atoms with van der Waals surface area (Å²) >= 11 is 0. The van der Waals surface area contributed by atoms with Crippen molar-refractivity contribution in [2.24, 2.45) is 0 Å². The zero-order chi connectivity index (χ0) is 13.2. The number of benzene rings is 2. The second-order valence-electron chi connectivity index (χ2n) is 5.01. The quantitative estimate of drug-likeness (QED) is 0.899. The standard InChI is InChI=1S/C16H18O3/c1-18-15-5-4-11-8-13(3-2-12(11)9-15)16-10-14(17)6-7-19-16/h2-5,8-9,14,16-17H,6-7,10H2,1H3. The lowest BCUT2D eigenvalue weighted by Gasteiger charge is -2.27. The van der Waals surface area contributed by atoms with Crippen molar-refractivity contribution in [3.05, 3.63) is 42.0 Å². The third kappa shape index (κ3) is 2.57. The molecule has 0 aromatic heterocycles. The van der Waals surface area contributed by atoms with E-state index >= 15 is 0 Å². The van der Waals surface area contributed by atoms with Crippen molar-refractivity contribution >= 4 is 10.8 Å². The van der Waals surface area contributed by atoms with Gasteiger partial charge in [0, 0.05) is 13.0 Å². The highest BCUT2D eigenvalue weighted by Crippen LogP contribution is 2.31. The van der Waals surface area contributed by atoms with Crippen LogP contribution in [-0.4, -0.2) is 24.9 Å². The van der Waals surface area contributed by atoms with E-state index in [4.69, 9.17) is 9.47 Å². The lowest BCUT2D eigenvalue weighted by molar-refractivity contribution is -0.0447. The Kier molecular flexibility index (Phi) is 3.40. The number of aliphatic hydroxyl groups is 1. The third-order valence-electron chi connectivity index (χ3n) is 3.70. The zero-order valence-electron chi connectivity index (χ0n) is 11.0. The molecule has 3 heteroatoms. The Hall–Kier alpha value is -1.58. The molecular formula is C16H18O3. The van der Waals surface area contributed by atoms with Crippen molar-refractivity contribution < 1.29 is 14.6 Å². The van der Waals surface area contributed by atoms with Gasteiger partial charge >= 0.3 is 0 Å². The summed E-state index contributed by atoms with van der Waals surface area (Å²) in [6.07, 6.45) is 1.18. The van der Waals surface area contributed by atoms with E-state index in [0.29, 0.717) is 13.0 Å². The third-order valence-corrected chi connectivity index (χ3v) is 3.70. The zero-order valence-corrected chi connectivity index (χ0v) is 11.0. The van der Waals surface area contributed by atoms with Gasteiger partial charge in [0.1, 0.15) is 5.75 Å². The van der Waals surface area contributed by atoms with Gasteiger partial charge in [-0.3, -0.25) is 0 Å². The van der Waals surface area contributed by atoms with Gasteiger partial charge in [-0.15, -0.1) is 0 Å². The molecule has 1 heterocycles. The summed E-state index contributed by atoms with van der Waals surface area (Å²) < 4.78 is 11.0. The van der Waals surface area contributed by atoms with Crippen LogP contribution in [0, 0.1) is 0 Å². The van der Waals surface area contributed by atoms with Gasteiger partial charge in [-0.25, -0.2) is 0 Å². The first kappa shape index (κ1) is 12.5. The highest BCUT2D eigenvalue weighted by atomic mass is 16.5. The van der Waals surface area contributed by atoms with Gasteiger partial charge in [0.25, 0.3) is 0 Å². The lowest BCUT2D eigenvalue weighted by atomic mass is 9.97. The molecule has 1 aliphatic heterocycles. The molecule has 0 amide bonds. The highest BCUT2D eigenvalue weighted by molar-refractivity contribution is 5.84. The minimum atomic E-state index is -0.245.